The molecule has 0 aliphatic heterocycles. The van der Waals surface area contributed by atoms with Crippen molar-refractivity contribution < 1.29 is 13.2 Å². The predicted octanol–water partition coefficient (Wildman–Crippen LogP) is 4.00. The van der Waals surface area contributed by atoms with Crippen LogP contribution in [0.4, 0.5) is 5.69 Å². The van der Waals surface area contributed by atoms with Gasteiger partial charge in [-0.1, -0.05) is 12.1 Å². The minimum atomic E-state index is -3.64. The summed E-state index contributed by atoms with van der Waals surface area (Å²) in [5, 5.41) is 0. The van der Waals surface area contributed by atoms with E-state index in [9.17, 15) is 13.2 Å². The van der Waals surface area contributed by atoms with Gasteiger partial charge in [0.2, 0.25) is 10.0 Å². The number of aryl methyl sites for hydroxylation is 2. The van der Waals surface area contributed by atoms with E-state index in [1.807, 2.05) is 46.8 Å². The molecule has 2 aromatic carbocycles. The van der Waals surface area contributed by atoms with Crippen molar-refractivity contribution >= 4 is 21.6 Å². The van der Waals surface area contributed by atoms with Crippen LogP contribution in [0.5, 0.6) is 0 Å². The van der Waals surface area contributed by atoms with E-state index in [-0.39, 0.29) is 16.8 Å². The van der Waals surface area contributed by atoms with Crippen LogP contribution >= 0.6 is 0 Å². The first-order valence-corrected chi connectivity index (χ1v) is 10.5. The Morgan fingerprint density at radius 1 is 1.04 bits per heavy atom. The lowest BCUT2D eigenvalue weighted by molar-refractivity contribution is 0.0988. The van der Waals surface area contributed by atoms with Crippen LogP contribution in [0.1, 0.15) is 42.3 Å². The number of carbonyl (C=O) groups excluding carboxylic acids is 1. The van der Waals surface area contributed by atoms with Crippen LogP contribution < -0.4 is 4.90 Å². The van der Waals surface area contributed by atoms with Crippen molar-refractivity contribution in [3.63, 3.8) is 0 Å². The van der Waals surface area contributed by atoms with E-state index >= 15 is 0 Å². The van der Waals surface area contributed by atoms with Gasteiger partial charge < -0.3 is 4.90 Å². The van der Waals surface area contributed by atoms with Crippen molar-refractivity contribution in [2.75, 3.05) is 18.5 Å². The van der Waals surface area contributed by atoms with Gasteiger partial charge in [-0.05, 0) is 76.1 Å². The second kappa shape index (κ2) is 8.23. The van der Waals surface area contributed by atoms with Crippen LogP contribution in [-0.4, -0.2) is 38.3 Å². The van der Waals surface area contributed by atoms with Gasteiger partial charge in [-0.25, -0.2) is 8.42 Å². The number of hydrogen-bond acceptors (Lipinski definition) is 3. The molecule has 2 aromatic rings. The summed E-state index contributed by atoms with van der Waals surface area (Å²) in [7, 11) is -2.10. The van der Waals surface area contributed by atoms with Crippen LogP contribution in [0.3, 0.4) is 0 Å². The zero-order valence-corrected chi connectivity index (χ0v) is 17.7. The number of rotatable bonds is 6. The Kier molecular flexibility index (Phi) is 6.44. The predicted molar refractivity (Wildman–Crippen MR) is 110 cm³/mol. The van der Waals surface area contributed by atoms with Gasteiger partial charge in [-0.2, -0.15) is 4.31 Å². The standard InChI is InChI=1S/C21H28N2O3S/c1-7-23(19-12-16(4)11-17(5)13-19)21(24)18-9-8-10-20(14-18)27(25,26)22(6)15(2)3/h8-15H,7H2,1-6H3. The minimum Gasteiger partial charge on any atom is -0.309 e. The van der Waals surface area contributed by atoms with Gasteiger partial charge in [-0.15, -0.1) is 0 Å². The minimum absolute atomic E-state index is 0.126. The fourth-order valence-electron chi connectivity index (χ4n) is 2.94. The lowest BCUT2D eigenvalue weighted by Gasteiger charge is -2.23. The molecule has 27 heavy (non-hydrogen) atoms. The maximum absolute atomic E-state index is 13.1. The fourth-order valence-corrected chi connectivity index (χ4v) is 4.35. The summed E-state index contributed by atoms with van der Waals surface area (Å²) >= 11 is 0. The molecule has 0 radical (unpaired) electrons. The Bertz CT molecular complexity index is 916. The molecule has 0 aliphatic carbocycles. The van der Waals surface area contributed by atoms with E-state index < -0.39 is 10.0 Å². The van der Waals surface area contributed by atoms with Crippen LogP contribution in [0.15, 0.2) is 47.4 Å². The lowest BCUT2D eigenvalue weighted by Crippen LogP contribution is -2.34. The Morgan fingerprint density at radius 2 is 1.63 bits per heavy atom. The zero-order valence-electron chi connectivity index (χ0n) is 16.9. The fraction of sp³-hybridized carbons (Fsp3) is 0.381. The molecule has 2 rings (SSSR count). The SMILES string of the molecule is CCN(C(=O)c1cccc(S(=O)(=O)N(C)C(C)C)c1)c1cc(C)cc(C)c1. The highest BCUT2D eigenvalue weighted by atomic mass is 32.2. The third kappa shape index (κ3) is 4.57. The van der Waals surface area contributed by atoms with Gasteiger partial charge >= 0.3 is 0 Å². The summed E-state index contributed by atoms with van der Waals surface area (Å²) in [4.78, 5) is 14.9. The van der Waals surface area contributed by atoms with Crippen LogP contribution in [-0.2, 0) is 10.0 Å². The molecule has 5 nitrogen and oxygen atoms in total. The first-order chi connectivity index (χ1) is 12.6. The summed E-state index contributed by atoms with van der Waals surface area (Å²) < 4.78 is 26.8. The molecule has 0 saturated carbocycles. The Balaban J connectivity index is 2.44. The van der Waals surface area contributed by atoms with Crippen LogP contribution in [0, 0.1) is 13.8 Å². The quantitative estimate of drug-likeness (QED) is 0.752. The molecule has 146 valence electrons. The highest BCUT2D eigenvalue weighted by molar-refractivity contribution is 7.89. The van der Waals surface area contributed by atoms with Crippen molar-refractivity contribution in [3.8, 4) is 0 Å². The molecule has 0 aromatic heterocycles. The van der Waals surface area contributed by atoms with E-state index in [0.29, 0.717) is 12.1 Å². The molecular weight excluding hydrogens is 360 g/mol. The third-order valence-corrected chi connectivity index (χ3v) is 6.59. The van der Waals surface area contributed by atoms with Crippen LogP contribution in [0.2, 0.25) is 0 Å². The van der Waals surface area contributed by atoms with E-state index in [0.717, 1.165) is 16.8 Å². The molecule has 0 bridgehead atoms. The van der Waals surface area contributed by atoms with Gasteiger partial charge in [0.25, 0.3) is 5.91 Å². The van der Waals surface area contributed by atoms with E-state index in [4.69, 9.17) is 0 Å². The monoisotopic (exact) mass is 388 g/mol. The molecule has 0 fully saturated rings. The van der Waals surface area contributed by atoms with Crippen LogP contribution in [0.25, 0.3) is 0 Å². The zero-order chi connectivity index (χ0) is 20.4. The maximum Gasteiger partial charge on any atom is 0.258 e. The van der Waals surface area contributed by atoms with Crippen molar-refractivity contribution in [1.82, 2.24) is 4.31 Å². The van der Waals surface area contributed by atoms with Crippen molar-refractivity contribution in [2.45, 2.75) is 45.6 Å². The number of anilines is 1. The molecule has 1 amide bonds. The Hall–Kier alpha value is -2.18. The normalized spacial score (nSPS) is 11.9. The molecule has 0 atom stereocenters. The van der Waals surface area contributed by atoms with Gasteiger partial charge in [-0.3, -0.25) is 4.79 Å². The third-order valence-electron chi connectivity index (χ3n) is 4.56. The average molecular weight is 389 g/mol. The smallest absolute Gasteiger partial charge is 0.258 e. The van der Waals surface area contributed by atoms with Crippen molar-refractivity contribution in [1.29, 1.82) is 0 Å². The van der Waals surface area contributed by atoms with Gasteiger partial charge in [0, 0.05) is 30.9 Å². The molecule has 0 heterocycles. The maximum atomic E-state index is 13.1. The number of carbonyl (C=O) groups is 1. The molecule has 0 saturated heterocycles. The van der Waals surface area contributed by atoms with Crippen molar-refractivity contribution in [3.05, 3.63) is 59.2 Å². The number of nitrogens with zero attached hydrogens (tertiary/aromatic N) is 2. The average Bonchev–Trinajstić information content (AvgIpc) is 2.60. The van der Waals surface area contributed by atoms with Crippen molar-refractivity contribution in [2.24, 2.45) is 0 Å². The summed E-state index contributed by atoms with van der Waals surface area (Å²) in [6.07, 6.45) is 0. The lowest BCUT2D eigenvalue weighted by atomic mass is 10.1. The second-order valence-electron chi connectivity index (χ2n) is 7.04. The molecule has 6 heteroatoms. The number of amides is 1. The summed E-state index contributed by atoms with van der Waals surface area (Å²) in [6, 6.07) is 12.1. The first kappa shape index (κ1) is 21.1. The molecule has 0 aliphatic rings. The van der Waals surface area contributed by atoms with E-state index in [2.05, 4.69) is 6.07 Å². The highest BCUT2D eigenvalue weighted by Gasteiger charge is 2.25. The van der Waals surface area contributed by atoms with Gasteiger partial charge in [0.15, 0.2) is 0 Å². The summed E-state index contributed by atoms with van der Waals surface area (Å²) in [5.41, 5.74) is 3.32. The number of benzene rings is 2. The topological polar surface area (TPSA) is 57.7 Å². The molecule has 0 spiro atoms. The number of hydrogen-bond donors (Lipinski definition) is 0. The van der Waals surface area contributed by atoms with E-state index in [1.54, 1.807) is 24.1 Å². The summed E-state index contributed by atoms with van der Waals surface area (Å²) in [6.45, 7) is 10.00. The highest BCUT2D eigenvalue weighted by Crippen LogP contribution is 2.23. The largest absolute Gasteiger partial charge is 0.309 e. The van der Waals surface area contributed by atoms with E-state index in [1.165, 1.54) is 16.4 Å². The molecular formula is C21H28N2O3S. The summed E-state index contributed by atoms with van der Waals surface area (Å²) in [5.74, 6) is -0.216. The first-order valence-electron chi connectivity index (χ1n) is 9.06. The second-order valence-corrected chi connectivity index (χ2v) is 9.04. The molecule has 0 N–H and O–H groups in total. The Morgan fingerprint density at radius 3 is 2.15 bits per heavy atom. The molecule has 0 unspecified atom stereocenters. The Labute approximate surface area is 162 Å². The number of sulfonamides is 1. The van der Waals surface area contributed by atoms with Gasteiger partial charge in [0.1, 0.15) is 0 Å². The van der Waals surface area contributed by atoms with Gasteiger partial charge in [0.05, 0.1) is 4.90 Å².